The molecule has 1 unspecified atom stereocenters. The van der Waals surface area contributed by atoms with E-state index in [4.69, 9.17) is 10.5 Å². The van der Waals surface area contributed by atoms with Crippen LogP contribution < -0.4 is 15.8 Å². The summed E-state index contributed by atoms with van der Waals surface area (Å²) in [6, 6.07) is 8.43. The second-order valence-corrected chi connectivity index (χ2v) is 7.53. The van der Waals surface area contributed by atoms with Crippen LogP contribution in [-0.2, 0) is 11.4 Å². The van der Waals surface area contributed by atoms with Crippen LogP contribution in [-0.4, -0.2) is 27.8 Å². The maximum atomic E-state index is 12.6. The average Bonchev–Trinajstić information content (AvgIpc) is 3.51. The van der Waals surface area contributed by atoms with Crippen LogP contribution in [0.2, 0.25) is 0 Å². The third-order valence-electron chi connectivity index (χ3n) is 4.58. The van der Waals surface area contributed by atoms with Crippen molar-refractivity contribution in [2.45, 2.75) is 51.7 Å². The lowest BCUT2D eigenvalue weighted by Gasteiger charge is -2.18. The molecular weight excluding hydrogens is 356 g/mol. The SMILES string of the molecule is CC(C)CC(NC(=O)c1ccc(C2CC2)c(OCc2ccccn2)n1)C(N)=O. The summed E-state index contributed by atoms with van der Waals surface area (Å²) in [7, 11) is 0. The molecule has 0 bridgehead atoms. The highest BCUT2D eigenvalue weighted by Crippen LogP contribution is 2.43. The van der Waals surface area contributed by atoms with Crippen molar-refractivity contribution < 1.29 is 14.3 Å². The van der Waals surface area contributed by atoms with Crippen molar-refractivity contribution in [2.24, 2.45) is 11.7 Å². The normalized spacial score (nSPS) is 14.5. The van der Waals surface area contributed by atoms with E-state index < -0.39 is 17.9 Å². The first-order valence-corrected chi connectivity index (χ1v) is 9.58. The van der Waals surface area contributed by atoms with Crippen LogP contribution in [0.15, 0.2) is 36.5 Å². The summed E-state index contributed by atoms with van der Waals surface area (Å²) >= 11 is 0. The first-order valence-electron chi connectivity index (χ1n) is 9.58. The van der Waals surface area contributed by atoms with Gasteiger partial charge in [-0.3, -0.25) is 14.6 Å². The van der Waals surface area contributed by atoms with Crippen LogP contribution in [0.4, 0.5) is 0 Å². The number of hydrogen-bond acceptors (Lipinski definition) is 5. The molecule has 3 rings (SSSR count). The van der Waals surface area contributed by atoms with E-state index in [0.717, 1.165) is 24.1 Å². The molecule has 3 N–H and O–H groups in total. The van der Waals surface area contributed by atoms with Crippen molar-refractivity contribution in [3.8, 4) is 5.88 Å². The Labute approximate surface area is 164 Å². The summed E-state index contributed by atoms with van der Waals surface area (Å²) in [5.74, 6) is 0.0981. The van der Waals surface area contributed by atoms with E-state index in [1.54, 1.807) is 12.3 Å². The molecule has 2 heterocycles. The zero-order valence-corrected chi connectivity index (χ0v) is 16.2. The van der Waals surface area contributed by atoms with Crippen molar-refractivity contribution >= 4 is 11.8 Å². The molecule has 0 saturated heterocycles. The Hall–Kier alpha value is -2.96. The van der Waals surface area contributed by atoms with Crippen molar-refractivity contribution in [3.63, 3.8) is 0 Å². The number of carbonyl (C=O) groups excluding carboxylic acids is 2. The zero-order valence-electron chi connectivity index (χ0n) is 16.2. The van der Waals surface area contributed by atoms with Gasteiger partial charge in [-0.2, -0.15) is 0 Å². The summed E-state index contributed by atoms with van der Waals surface area (Å²) in [6.07, 6.45) is 4.36. The molecule has 1 saturated carbocycles. The van der Waals surface area contributed by atoms with Gasteiger partial charge in [0.25, 0.3) is 5.91 Å². The van der Waals surface area contributed by atoms with Gasteiger partial charge in [-0.1, -0.05) is 26.0 Å². The Morgan fingerprint density at radius 3 is 2.64 bits per heavy atom. The first kappa shape index (κ1) is 19.8. The lowest BCUT2D eigenvalue weighted by atomic mass is 10.0. The summed E-state index contributed by atoms with van der Waals surface area (Å²) in [6.45, 7) is 4.21. The number of primary amides is 1. The Morgan fingerprint density at radius 1 is 1.25 bits per heavy atom. The molecule has 28 heavy (non-hydrogen) atoms. The van der Waals surface area contributed by atoms with Crippen LogP contribution in [0.5, 0.6) is 5.88 Å². The highest BCUT2D eigenvalue weighted by Gasteiger charge is 2.29. The lowest BCUT2D eigenvalue weighted by molar-refractivity contribution is -0.120. The van der Waals surface area contributed by atoms with Gasteiger partial charge in [-0.25, -0.2) is 4.98 Å². The van der Waals surface area contributed by atoms with Crippen LogP contribution >= 0.6 is 0 Å². The lowest BCUT2D eigenvalue weighted by Crippen LogP contribution is -2.45. The minimum atomic E-state index is -0.727. The molecule has 0 spiro atoms. The average molecular weight is 382 g/mol. The van der Waals surface area contributed by atoms with Gasteiger partial charge in [0.05, 0.1) is 5.69 Å². The second kappa shape index (κ2) is 8.82. The molecular formula is C21H26N4O3. The van der Waals surface area contributed by atoms with Gasteiger partial charge in [-0.15, -0.1) is 0 Å². The second-order valence-electron chi connectivity index (χ2n) is 7.53. The molecule has 2 aromatic rings. The molecule has 1 atom stereocenters. The third-order valence-corrected chi connectivity index (χ3v) is 4.58. The predicted octanol–water partition coefficient (Wildman–Crippen LogP) is 2.56. The van der Waals surface area contributed by atoms with Gasteiger partial charge in [0.15, 0.2) is 0 Å². The standard InChI is InChI=1S/C21H26N4O3/c1-13(2)11-18(19(22)26)24-20(27)17-9-8-16(14-6-7-14)21(25-17)28-12-15-5-3-4-10-23-15/h3-5,8-10,13-14,18H,6-7,11-12H2,1-2H3,(H2,22,26)(H,24,27). The number of ether oxygens (including phenoxy) is 1. The maximum Gasteiger partial charge on any atom is 0.270 e. The van der Waals surface area contributed by atoms with E-state index in [0.29, 0.717) is 18.2 Å². The number of rotatable bonds is 9. The quantitative estimate of drug-likeness (QED) is 0.693. The topological polar surface area (TPSA) is 107 Å². The predicted molar refractivity (Wildman–Crippen MR) is 105 cm³/mol. The van der Waals surface area contributed by atoms with Gasteiger partial charge >= 0.3 is 0 Å². The number of aromatic nitrogens is 2. The van der Waals surface area contributed by atoms with Crippen LogP contribution in [0.1, 0.15) is 60.8 Å². The molecule has 1 aliphatic rings. The molecule has 0 aromatic carbocycles. The van der Waals surface area contributed by atoms with Gasteiger partial charge in [0, 0.05) is 11.8 Å². The largest absolute Gasteiger partial charge is 0.471 e. The Balaban J connectivity index is 1.75. The molecule has 7 nitrogen and oxygen atoms in total. The Morgan fingerprint density at radius 2 is 2.04 bits per heavy atom. The van der Waals surface area contributed by atoms with Gasteiger partial charge in [0.2, 0.25) is 11.8 Å². The molecule has 1 fully saturated rings. The van der Waals surface area contributed by atoms with E-state index >= 15 is 0 Å². The minimum Gasteiger partial charge on any atom is -0.471 e. The summed E-state index contributed by atoms with van der Waals surface area (Å²) in [4.78, 5) is 32.9. The first-order chi connectivity index (χ1) is 13.4. The fourth-order valence-corrected chi connectivity index (χ4v) is 2.97. The fraction of sp³-hybridized carbons (Fsp3) is 0.429. The number of carbonyl (C=O) groups is 2. The number of pyridine rings is 2. The highest BCUT2D eigenvalue weighted by atomic mass is 16.5. The Kier molecular flexibility index (Phi) is 6.23. The molecule has 0 radical (unpaired) electrons. The van der Waals surface area contributed by atoms with E-state index in [2.05, 4.69) is 15.3 Å². The highest BCUT2D eigenvalue weighted by molar-refractivity contribution is 5.96. The smallest absolute Gasteiger partial charge is 0.270 e. The van der Waals surface area contributed by atoms with Gasteiger partial charge in [0.1, 0.15) is 18.3 Å². The molecule has 2 amide bonds. The number of hydrogen-bond donors (Lipinski definition) is 2. The van der Waals surface area contributed by atoms with Crippen molar-refractivity contribution in [1.29, 1.82) is 0 Å². The fourth-order valence-electron chi connectivity index (χ4n) is 2.97. The zero-order chi connectivity index (χ0) is 20.1. The van der Waals surface area contributed by atoms with E-state index in [1.807, 2.05) is 38.1 Å². The van der Waals surface area contributed by atoms with Crippen LogP contribution in [0.25, 0.3) is 0 Å². The molecule has 1 aliphatic carbocycles. The summed E-state index contributed by atoms with van der Waals surface area (Å²) in [5.41, 5.74) is 7.41. The van der Waals surface area contributed by atoms with Crippen molar-refractivity contribution in [1.82, 2.24) is 15.3 Å². The Bertz CT molecular complexity index is 835. The van der Waals surface area contributed by atoms with Crippen molar-refractivity contribution in [2.75, 3.05) is 0 Å². The monoisotopic (exact) mass is 382 g/mol. The number of nitrogens with two attached hydrogens (primary N) is 1. The number of amides is 2. The van der Waals surface area contributed by atoms with Crippen LogP contribution in [0.3, 0.4) is 0 Å². The number of nitrogens with one attached hydrogen (secondary N) is 1. The van der Waals surface area contributed by atoms with E-state index in [9.17, 15) is 9.59 Å². The number of nitrogens with zero attached hydrogens (tertiary/aromatic N) is 2. The van der Waals surface area contributed by atoms with Crippen molar-refractivity contribution in [3.05, 3.63) is 53.5 Å². The molecule has 148 valence electrons. The maximum absolute atomic E-state index is 12.6. The summed E-state index contributed by atoms with van der Waals surface area (Å²) in [5, 5.41) is 2.69. The van der Waals surface area contributed by atoms with E-state index in [-0.39, 0.29) is 18.2 Å². The van der Waals surface area contributed by atoms with Crippen LogP contribution in [0, 0.1) is 5.92 Å². The molecule has 2 aromatic heterocycles. The van der Waals surface area contributed by atoms with Gasteiger partial charge < -0.3 is 15.8 Å². The summed E-state index contributed by atoms with van der Waals surface area (Å²) < 4.78 is 5.89. The molecule has 7 heteroatoms. The third kappa shape index (κ3) is 5.28. The van der Waals surface area contributed by atoms with E-state index in [1.165, 1.54) is 0 Å². The minimum absolute atomic E-state index is 0.204. The van der Waals surface area contributed by atoms with Gasteiger partial charge in [-0.05, 0) is 49.3 Å². The molecule has 0 aliphatic heterocycles.